The van der Waals surface area contributed by atoms with Gasteiger partial charge in [-0.15, -0.1) is 24.8 Å². The highest BCUT2D eigenvalue weighted by Gasteiger charge is 2.31. The van der Waals surface area contributed by atoms with E-state index < -0.39 is 6.36 Å². The average Bonchev–Trinajstić information content (AvgIpc) is 2.19. The van der Waals surface area contributed by atoms with Gasteiger partial charge < -0.3 is 4.74 Å². The van der Waals surface area contributed by atoms with Crippen molar-refractivity contribution in [2.75, 3.05) is 5.88 Å². The Bertz CT molecular complexity index is 360. The highest BCUT2D eigenvalue weighted by Crippen LogP contribution is 2.26. The number of hydrogen-bond donors (Lipinski definition) is 0. The first-order valence-corrected chi connectivity index (χ1v) is 5.13. The fourth-order valence-electron chi connectivity index (χ4n) is 1.11. The monoisotopic (exact) mass is 250 g/mol. The van der Waals surface area contributed by atoms with Crippen LogP contribution in [-0.2, 0) is 0 Å². The van der Waals surface area contributed by atoms with E-state index in [1.807, 2.05) is 0 Å². The van der Waals surface area contributed by atoms with E-state index in [9.17, 15) is 13.2 Å². The third kappa shape index (κ3) is 4.57. The Morgan fingerprint density at radius 3 is 2.56 bits per heavy atom. The quantitative estimate of drug-likeness (QED) is 0.727. The molecule has 0 fully saturated rings. The lowest BCUT2D eigenvalue weighted by molar-refractivity contribution is -0.274. The van der Waals surface area contributed by atoms with E-state index in [1.54, 1.807) is 24.3 Å². The Kier molecular flexibility index (Phi) is 4.68. The first kappa shape index (κ1) is 12.9. The zero-order chi connectivity index (χ0) is 12.0. The molecule has 0 spiro atoms. The smallest absolute Gasteiger partial charge is 0.405 e. The summed E-state index contributed by atoms with van der Waals surface area (Å²) in [6.07, 6.45) is -0.812. The van der Waals surface area contributed by atoms with E-state index in [0.717, 1.165) is 0 Å². The van der Waals surface area contributed by atoms with E-state index in [0.29, 0.717) is 17.9 Å². The number of halogens is 4. The fraction of sp³-hybridized carbons (Fsp3) is 0.273. The SMILES string of the molecule is FC(F)(F)Oc1ccccc1C=CCCCl. The predicted octanol–water partition coefficient (Wildman–Crippen LogP) is 4.23. The largest absolute Gasteiger partial charge is 0.573 e. The van der Waals surface area contributed by atoms with Crippen LogP contribution >= 0.6 is 11.6 Å². The second-order valence-corrected chi connectivity index (χ2v) is 3.34. The minimum atomic E-state index is -4.67. The van der Waals surface area contributed by atoms with E-state index in [4.69, 9.17) is 11.6 Å². The van der Waals surface area contributed by atoms with Crippen molar-refractivity contribution >= 4 is 17.7 Å². The van der Waals surface area contributed by atoms with Crippen LogP contribution in [0.25, 0.3) is 6.08 Å². The Labute approximate surface area is 96.5 Å². The number of allylic oxidation sites excluding steroid dienone is 1. The number of alkyl halides is 4. The molecule has 0 aliphatic heterocycles. The third-order valence-electron chi connectivity index (χ3n) is 1.72. The van der Waals surface area contributed by atoms with Crippen LogP contribution in [0.2, 0.25) is 0 Å². The molecule has 0 radical (unpaired) electrons. The summed E-state index contributed by atoms with van der Waals surface area (Å²) in [6.45, 7) is 0. The van der Waals surface area contributed by atoms with Gasteiger partial charge in [0.15, 0.2) is 0 Å². The normalized spacial score (nSPS) is 12.0. The topological polar surface area (TPSA) is 9.23 Å². The summed E-state index contributed by atoms with van der Waals surface area (Å²) >= 11 is 5.45. The molecular weight excluding hydrogens is 241 g/mol. The lowest BCUT2D eigenvalue weighted by Gasteiger charge is -2.10. The molecule has 1 rings (SSSR count). The molecule has 1 nitrogen and oxygen atoms in total. The number of benzene rings is 1. The van der Waals surface area contributed by atoms with Crippen molar-refractivity contribution < 1.29 is 17.9 Å². The molecule has 0 saturated carbocycles. The van der Waals surface area contributed by atoms with Crippen molar-refractivity contribution in [2.24, 2.45) is 0 Å². The van der Waals surface area contributed by atoms with Crippen molar-refractivity contribution in [1.82, 2.24) is 0 Å². The molecule has 88 valence electrons. The Balaban J connectivity index is 2.83. The van der Waals surface area contributed by atoms with Crippen LogP contribution in [0, 0.1) is 0 Å². The first-order valence-electron chi connectivity index (χ1n) is 4.60. The fourth-order valence-corrected chi connectivity index (χ4v) is 1.24. The summed E-state index contributed by atoms with van der Waals surface area (Å²) in [5.41, 5.74) is 0.380. The molecule has 1 aromatic rings. The summed E-state index contributed by atoms with van der Waals surface area (Å²) < 4.78 is 40.0. The van der Waals surface area contributed by atoms with Gasteiger partial charge in [-0.3, -0.25) is 0 Å². The molecule has 1 aromatic carbocycles. The second kappa shape index (κ2) is 5.80. The van der Waals surface area contributed by atoms with Crippen LogP contribution in [0.4, 0.5) is 13.2 Å². The minimum Gasteiger partial charge on any atom is -0.405 e. The van der Waals surface area contributed by atoms with Crippen LogP contribution in [0.1, 0.15) is 12.0 Å². The van der Waals surface area contributed by atoms with Crippen LogP contribution in [-0.4, -0.2) is 12.2 Å². The van der Waals surface area contributed by atoms with E-state index >= 15 is 0 Å². The molecule has 16 heavy (non-hydrogen) atoms. The molecule has 0 aromatic heterocycles. The molecule has 0 aliphatic carbocycles. The zero-order valence-corrected chi connectivity index (χ0v) is 9.05. The standard InChI is InChI=1S/C11H10ClF3O/c12-8-4-3-6-9-5-1-2-7-10(9)16-11(13,14)15/h1-3,5-7H,4,8H2. The number of ether oxygens (including phenoxy) is 1. The average molecular weight is 251 g/mol. The number of hydrogen-bond acceptors (Lipinski definition) is 1. The molecule has 0 atom stereocenters. The highest BCUT2D eigenvalue weighted by molar-refractivity contribution is 6.17. The molecule has 0 bridgehead atoms. The summed E-state index contributed by atoms with van der Waals surface area (Å²) in [7, 11) is 0. The van der Waals surface area contributed by atoms with Crippen LogP contribution < -0.4 is 4.74 Å². The van der Waals surface area contributed by atoms with Gasteiger partial charge >= 0.3 is 6.36 Å². The number of rotatable bonds is 4. The van der Waals surface area contributed by atoms with Crippen molar-refractivity contribution in [2.45, 2.75) is 12.8 Å². The molecule has 0 unspecified atom stereocenters. The summed E-state index contributed by atoms with van der Waals surface area (Å²) in [5, 5.41) is 0. The van der Waals surface area contributed by atoms with E-state index in [2.05, 4.69) is 4.74 Å². The van der Waals surface area contributed by atoms with Gasteiger partial charge in [-0.05, 0) is 12.5 Å². The Hall–Kier alpha value is -1.16. The van der Waals surface area contributed by atoms with Gasteiger partial charge in [0.1, 0.15) is 5.75 Å². The van der Waals surface area contributed by atoms with Gasteiger partial charge in [-0.2, -0.15) is 0 Å². The molecule has 0 aliphatic rings. The molecule has 0 N–H and O–H groups in total. The van der Waals surface area contributed by atoms with Crippen LogP contribution in [0.15, 0.2) is 30.3 Å². The maximum Gasteiger partial charge on any atom is 0.573 e. The molecule has 0 heterocycles. The lowest BCUT2D eigenvalue weighted by atomic mass is 10.2. The maximum absolute atomic E-state index is 12.0. The van der Waals surface area contributed by atoms with Crippen molar-refractivity contribution in [3.05, 3.63) is 35.9 Å². The summed E-state index contributed by atoms with van der Waals surface area (Å²) in [4.78, 5) is 0. The van der Waals surface area contributed by atoms with E-state index in [-0.39, 0.29) is 5.75 Å². The molecule has 5 heteroatoms. The van der Waals surface area contributed by atoms with Gasteiger partial charge in [0.2, 0.25) is 0 Å². The van der Waals surface area contributed by atoms with Gasteiger partial charge in [0, 0.05) is 11.4 Å². The van der Waals surface area contributed by atoms with Crippen molar-refractivity contribution in [3.8, 4) is 5.75 Å². The van der Waals surface area contributed by atoms with Gasteiger partial charge in [-0.25, -0.2) is 0 Å². The van der Waals surface area contributed by atoms with Gasteiger partial charge in [0.05, 0.1) is 0 Å². The Morgan fingerprint density at radius 1 is 1.25 bits per heavy atom. The van der Waals surface area contributed by atoms with E-state index in [1.165, 1.54) is 12.1 Å². The molecule has 0 amide bonds. The van der Waals surface area contributed by atoms with Crippen LogP contribution in [0.3, 0.4) is 0 Å². The Morgan fingerprint density at radius 2 is 1.94 bits per heavy atom. The molecule has 0 saturated heterocycles. The van der Waals surface area contributed by atoms with Gasteiger partial charge in [0.25, 0.3) is 0 Å². The second-order valence-electron chi connectivity index (χ2n) is 2.97. The van der Waals surface area contributed by atoms with Crippen molar-refractivity contribution in [1.29, 1.82) is 0 Å². The maximum atomic E-state index is 12.0. The highest BCUT2D eigenvalue weighted by atomic mass is 35.5. The lowest BCUT2D eigenvalue weighted by Crippen LogP contribution is -2.17. The number of para-hydroxylation sites is 1. The summed E-state index contributed by atoms with van der Waals surface area (Å²) in [6, 6.07) is 5.95. The van der Waals surface area contributed by atoms with Gasteiger partial charge in [-0.1, -0.05) is 30.4 Å². The zero-order valence-electron chi connectivity index (χ0n) is 8.30. The summed E-state index contributed by atoms with van der Waals surface area (Å²) in [5.74, 6) is 0.222. The van der Waals surface area contributed by atoms with Crippen LogP contribution in [0.5, 0.6) is 5.75 Å². The molecular formula is C11H10ClF3O. The third-order valence-corrected chi connectivity index (χ3v) is 1.94. The minimum absolute atomic E-state index is 0.208. The first-order chi connectivity index (χ1) is 7.53. The predicted molar refractivity (Wildman–Crippen MR) is 57.5 cm³/mol. The van der Waals surface area contributed by atoms with Crippen molar-refractivity contribution in [3.63, 3.8) is 0 Å².